The number of nitrogens with zero attached hydrogens (tertiary/aromatic N) is 2. The number of nitrogens with two attached hydrogens (primary N) is 1. The number of primary amides is 1. The van der Waals surface area contributed by atoms with Gasteiger partial charge in [-0.15, -0.1) is 11.3 Å². The molecule has 1 aromatic carbocycles. The largest absolute Gasteiger partial charge is 0.370 e. The summed E-state index contributed by atoms with van der Waals surface area (Å²) in [7, 11) is 0. The molecule has 0 bridgehead atoms. The van der Waals surface area contributed by atoms with E-state index in [1.54, 1.807) is 15.9 Å². The van der Waals surface area contributed by atoms with E-state index in [4.69, 9.17) is 10.7 Å². The van der Waals surface area contributed by atoms with Crippen molar-refractivity contribution < 1.29 is 4.79 Å². The number of aromatic nitrogens is 2. The van der Waals surface area contributed by atoms with Crippen molar-refractivity contribution in [2.75, 3.05) is 0 Å². The lowest BCUT2D eigenvalue weighted by Gasteiger charge is -2.12. The highest BCUT2D eigenvalue weighted by atomic mass is 32.1. The van der Waals surface area contributed by atoms with Gasteiger partial charge in [0, 0.05) is 29.8 Å². The van der Waals surface area contributed by atoms with Crippen LogP contribution in [0.4, 0.5) is 0 Å². The van der Waals surface area contributed by atoms with Gasteiger partial charge in [-0.05, 0) is 50.3 Å². The normalized spacial score (nSPS) is 11.3. The zero-order chi connectivity index (χ0) is 20.4. The molecule has 0 radical (unpaired) electrons. The van der Waals surface area contributed by atoms with Crippen molar-refractivity contribution in [3.8, 4) is 11.1 Å². The fraction of sp³-hybridized carbons (Fsp3) is 0.409. The van der Waals surface area contributed by atoms with Crippen LogP contribution in [0.2, 0.25) is 0 Å². The van der Waals surface area contributed by atoms with E-state index < -0.39 is 0 Å². The lowest BCUT2D eigenvalue weighted by Crippen LogP contribution is -2.26. The minimum absolute atomic E-state index is 0.0181. The van der Waals surface area contributed by atoms with Crippen LogP contribution in [-0.2, 0) is 17.8 Å². The molecular formula is C22H27N3O2S. The molecule has 28 heavy (non-hydrogen) atoms. The van der Waals surface area contributed by atoms with Crippen molar-refractivity contribution >= 4 is 27.5 Å². The number of rotatable bonds is 7. The second-order valence-corrected chi connectivity index (χ2v) is 8.52. The van der Waals surface area contributed by atoms with E-state index >= 15 is 0 Å². The van der Waals surface area contributed by atoms with Crippen molar-refractivity contribution in [3.05, 3.63) is 50.4 Å². The van der Waals surface area contributed by atoms with Gasteiger partial charge in [0.2, 0.25) is 5.91 Å². The van der Waals surface area contributed by atoms with Crippen LogP contribution in [0, 0.1) is 20.8 Å². The Morgan fingerprint density at radius 3 is 2.61 bits per heavy atom. The molecule has 2 heterocycles. The first-order chi connectivity index (χ1) is 13.3. The molecule has 148 valence electrons. The maximum atomic E-state index is 13.5. The van der Waals surface area contributed by atoms with E-state index in [0.29, 0.717) is 18.4 Å². The summed E-state index contributed by atoms with van der Waals surface area (Å²) in [4.78, 5) is 31.3. The van der Waals surface area contributed by atoms with Gasteiger partial charge < -0.3 is 5.73 Å². The molecule has 0 spiro atoms. The van der Waals surface area contributed by atoms with E-state index in [1.807, 2.05) is 6.92 Å². The summed E-state index contributed by atoms with van der Waals surface area (Å²) in [6, 6.07) is 6.31. The highest BCUT2D eigenvalue weighted by Crippen LogP contribution is 2.36. The molecular weight excluding hydrogens is 370 g/mol. The number of benzene rings is 1. The first-order valence-corrected chi connectivity index (χ1v) is 10.5. The number of hydrogen-bond donors (Lipinski definition) is 1. The van der Waals surface area contributed by atoms with E-state index in [0.717, 1.165) is 39.5 Å². The van der Waals surface area contributed by atoms with E-state index in [2.05, 4.69) is 39.0 Å². The molecule has 2 N–H and O–H groups in total. The molecule has 0 aliphatic heterocycles. The highest BCUT2D eigenvalue weighted by Gasteiger charge is 2.19. The van der Waals surface area contributed by atoms with Gasteiger partial charge in [-0.2, -0.15) is 0 Å². The molecule has 0 unspecified atom stereocenters. The first-order valence-electron chi connectivity index (χ1n) is 9.72. The second kappa shape index (κ2) is 8.27. The van der Waals surface area contributed by atoms with E-state index in [9.17, 15) is 9.59 Å². The number of fused-ring (bicyclic) bond motifs is 1. The lowest BCUT2D eigenvalue weighted by molar-refractivity contribution is -0.118. The van der Waals surface area contributed by atoms with Crippen molar-refractivity contribution in [2.24, 2.45) is 5.73 Å². The van der Waals surface area contributed by atoms with Crippen LogP contribution in [0.1, 0.15) is 48.0 Å². The molecule has 0 aliphatic carbocycles. The third-order valence-electron chi connectivity index (χ3n) is 5.14. The van der Waals surface area contributed by atoms with Gasteiger partial charge in [0.05, 0.1) is 5.39 Å². The predicted molar refractivity (Wildman–Crippen MR) is 116 cm³/mol. The fourth-order valence-electron chi connectivity index (χ4n) is 3.54. The molecule has 3 rings (SSSR count). The number of carbonyl (C=O) groups is 1. The van der Waals surface area contributed by atoms with Crippen LogP contribution >= 0.6 is 11.3 Å². The van der Waals surface area contributed by atoms with Crippen LogP contribution in [0.3, 0.4) is 0 Å². The third-order valence-corrected chi connectivity index (χ3v) is 6.14. The van der Waals surface area contributed by atoms with Crippen LogP contribution in [-0.4, -0.2) is 15.5 Å². The number of thiophene rings is 1. The molecule has 0 fully saturated rings. The van der Waals surface area contributed by atoms with Crippen LogP contribution < -0.4 is 11.3 Å². The quantitative estimate of drug-likeness (QED) is 0.647. The Kier molecular flexibility index (Phi) is 5.98. The number of amides is 1. The van der Waals surface area contributed by atoms with Gasteiger partial charge >= 0.3 is 0 Å². The Morgan fingerprint density at radius 2 is 1.96 bits per heavy atom. The average molecular weight is 398 g/mol. The summed E-state index contributed by atoms with van der Waals surface area (Å²) in [5.74, 6) is 0.443. The Labute approximate surface area is 169 Å². The summed E-state index contributed by atoms with van der Waals surface area (Å²) >= 11 is 1.58. The van der Waals surface area contributed by atoms with Gasteiger partial charge in [0.25, 0.3) is 5.56 Å². The standard InChI is InChI=1S/C22H27N3O2S/c1-5-7-18-24-21-20(22(27)25(18)11-6-8-17(23)26)19(15(4)28-21)16-10-9-13(2)14(3)12-16/h9-10,12H,5-8,11H2,1-4H3,(H2,23,26). The molecule has 0 aliphatic rings. The predicted octanol–water partition coefficient (Wildman–Crippen LogP) is 4.27. The number of aryl methyl sites for hydroxylation is 4. The van der Waals surface area contributed by atoms with Gasteiger partial charge in [-0.1, -0.05) is 25.1 Å². The minimum atomic E-state index is -0.346. The van der Waals surface area contributed by atoms with Gasteiger partial charge in [-0.3, -0.25) is 14.2 Å². The molecule has 2 aromatic heterocycles. The molecule has 0 saturated carbocycles. The lowest BCUT2D eigenvalue weighted by atomic mass is 9.99. The Morgan fingerprint density at radius 1 is 1.21 bits per heavy atom. The molecule has 3 aromatic rings. The molecule has 0 atom stereocenters. The van der Waals surface area contributed by atoms with Crippen molar-refractivity contribution in [2.45, 2.75) is 59.9 Å². The van der Waals surface area contributed by atoms with Crippen molar-refractivity contribution in [3.63, 3.8) is 0 Å². The summed E-state index contributed by atoms with van der Waals surface area (Å²) < 4.78 is 1.74. The van der Waals surface area contributed by atoms with Gasteiger partial charge in [0.15, 0.2) is 0 Å². The van der Waals surface area contributed by atoms with E-state index in [-0.39, 0.29) is 17.9 Å². The van der Waals surface area contributed by atoms with Gasteiger partial charge in [-0.25, -0.2) is 4.98 Å². The average Bonchev–Trinajstić information content (AvgIpc) is 2.96. The zero-order valence-corrected chi connectivity index (χ0v) is 17.8. The highest BCUT2D eigenvalue weighted by molar-refractivity contribution is 7.19. The van der Waals surface area contributed by atoms with Crippen molar-refractivity contribution in [1.29, 1.82) is 0 Å². The van der Waals surface area contributed by atoms with Crippen molar-refractivity contribution in [1.82, 2.24) is 9.55 Å². The Hall–Kier alpha value is -2.47. The molecule has 6 heteroatoms. The SMILES string of the molecule is CCCc1nc2sc(C)c(-c3ccc(C)c(C)c3)c2c(=O)n1CCCC(N)=O. The van der Waals surface area contributed by atoms with Crippen LogP contribution in [0.15, 0.2) is 23.0 Å². The zero-order valence-electron chi connectivity index (χ0n) is 17.0. The maximum Gasteiger partial charge on any atom is 0.262 e. The van der Waals surface area contributed by atoms with E-state index in [1.165, 1.54) is 11.1 Å². The maximum absolute atomic E-state index is 13.5. The minimum Gasteiger partial charge on any atom is -0.370 e. The molecule has 0 saturated heterocycles. The number of carbonyl (C=O) groups excluding carboxylic acids is 1. The monoisotopic (exact) mass is 397 g/mol. The summed E-state index contributed by atoms with van der Waals surface area (Å²) in [6.45, 7) is 8.75. The Bertz CT molecular complexity index is 1100. The van der Waals surface area contributed by atoms with Crippen LogP contribution in [0.5, 0.6) is 0 Å². The second-order valence-electron chi connectivity index (χ2n) is 7.32. The molecule has 1 amide bonds. The first kappa shape index (κ1) is 20.3. The van der Waals surface area contributed by atoms with Crippen LogP contribution in [0.25, 0.3) is 21.3 Å². The third kappa shape index (κ3) is 3.87. The summed E-state index contributed by atoms with van der Waals surface area (Å²) in [5.41, 5.74) is 9.72. The van der Waals surface area contributed by atoms with Gasteiger partial charge in [0.1, 0.15) is 10.7 Å². The molecule has 5 nitrogen and oxygen atoms in total. The topological polar surface area (TPSA) is 78.0 Å². The smallest absolute Gasteiger partial charge is 0.262 e. The summed E-state index contributed by atoms with van der Waals surface area (Å²) in [5, 5.41) is 0.685. The fourth-order valence-corrected chi connectivity index (χ4v) is 4.59. The summed E-state index contributed by atoms with van der Waals surface area (Å²) in [6.07, 6.45) is 2.45. The Balaban J connectivity index is 2.21. The number of hydrogen-bond acceptors (Lipinski definition) is 4.